The quantitative estimate of drug-likeness (QED) is 0.659. The minimum absolute atomic E-state index is 0.196. The highest BCUT2D eigenvalue weighted by atomic mass is 32.2. The fourth-order valence-corrected chi connectivity index (χ4v) is 3.23. The monoisotopic (exact) mass is 373 g/mol. The molecule has 0 unspecified atom stereocenters. The van der Waals surface area contributed by atoms with Crippen LogP contribution in [0.3, 0.4) is 0 Å². The summed E-state index contributed by atoms with van der Waals surface area (Å²) >= 11 is 1.55. The Hall–Kier alpha value is -2.74. The number of hydrogen-bond acceptors (Lipinski definition) is 5. The Balaban J connectivity index is 1.97. The van der Waals surface area contributed by atoms with Crippen LogP contribution in [0.5, 0.6) is 0 Å². The zero-order valence-corrected chi connectivity index (χ0v) is 15.0. The van der Waals surface area contributed by atoms with E-state index in [2.05, 4.69) is 10.3 Å². The van der Waals surface area contributed by atoms with Gasteiger partial charge in [-0.2, -0.15) is 11.8 Å². The number of benzene rings is 1. The van der Waals surface area contributed by atoms with Gasteiger partial charge in [-0.1, -0.05) is 12.1 Å². The molecule has 1 aromatic carbocycles. The van der Waals surface area contributed by atoms with Crippen molar-refractivity contribution >= 4 is 28.6 Å². The summed E-state index contributed by atoms with van der Waals surface area (Å²) in [5.74, 6) is 0.845. The lowest BCUT2D eigenvalue weighted by Crippen LogP contribution is -2.44. The van der Waals surface area contributed by atoms with E-state index in [9.17, 15) is 14.4 Å². The van der Waals surface area contributed by atoms with E-state index in [4.69, 9.17) is 4.42 Å². The molecule has 0 saturated carbocycles. The van der Waals surface area contributed by atoms with Crippen molar-refractivity contribution in [1.29, 1.82) is 0 Å². The summed E-state index contributed by atoms with van der Waals surface area (Å²) in [5, 5.41) is 3.12. The zero-order valence-electron chi connectivity index (χ0n) is 14.2. The Bertz CT molecular complexity index is 1010. The summed E-state index contributed by atoms with van der Waals surface area (Å²) in [7, 11) is 0. The zero-order chi connectivity index (χ0) is 18.5. The average molecular weight is 373 g/mol. The van der Waals surface area contributed by atoms with E-state index in [1.165, 1.54) is 6.26 Å². The number of aromatic nitrogens is 2. The molecule has 0 aliphatic rings. The van der Waals surface area contributed by atoms with E-state index < -0.39 is 23.2 Å². The second kappa shape index (κ2) is 8.09. The number of carbonyl (C=O) groups excluding carboxylic acids is 1. The van der Waals surface area contributed by atoms with Crippen LogP contribution in [0, 0.1) is 0 Å². The number of rotatable bonds is 7. The Morgan fingerprint density at radius 2 is 2.08 bits per heavy atom. The van der Waals surface area contributed by atoms with Gasteiger partial charge in [-0.3, -0.25) is 9.59 Å². The summed E-state index contributed by atoms with van der Waals surface area (Å²) in [6.45, 7) is 0.196. The number of thioether (sulfide) groups is 1. The molecule has 0 saturated heterocycles. The maximum atomic E-state index is 12.8. The number of para-hydroxylation sites is 1. The number of H-pyrrole nitrogens is 1. The lowest BCUT2D eigenvalue weighted by atomic mass is 10.2. The van der Waals surface area contributed by atoms with Gasteiger partial charge in [0.1, 0.15) is 11.8 Å². The van der Waals surface area contributed by atoms with Crippen LogP contribution in [0.25, 0.3) is 10.9 Å². The SMILES string of the molecule is CSCC[C@@H](C(=O)NCc1ccco1)n1c(=O)[nH]c2ccccc2c1=O. The van der Waals surface area contributed by atoms with E-state index in [-0.39, 0.29) is 6.54 Å². The second-order valence-electron chi connectivity index (χ2n) is 5.75. The molecule has 7 nitrogen and oxygen atoms in total. The molecule has 3 aromatic rings. The number of nitrogens with one attached hydrogen (secondary N) is 2. The number of hydrogen-bond donors (Lipinski definition) is 2. The van der Waals surface area contributed by atoms with Gasteiger partial charge in [-0.15, -0.1) is 0 Å². The number of nitrogens with zero attached hydrogens (tertiary/aromatic N) is 1. The molecular formula is C18H19N3O4S. The van der Waals surface area contributed by atoms with Crippen LogP contribution in [0.15, 0.2) is 56.7 Å². The standard InChI is InChI=1S/C18H19N3O4S/c1-26-10-8-15(16(22)19-11-12-5-4-9-25-12)21-17(23)13-6-2-3-7-14(13)20-18(21)24/h2-7,9,15H,8,10-11H2,1H3,(H,19,22)(H,20,24)/t15-/m0/s1. The highest BCUT2D eigenvalue weighted by molar-refractivity contribution is 7.98. The molecular weight excluding hydrogens is 354 g/mol. The molecule has 0 spiro atoms. The van der Waals surface area contributed by atoms with Gasteiger partial charge < -0.3 is 14.7 Å². The molecule has 136 valence electrons. The van der Waals surface area contributed by atoms with Crippen LogP contribution in [0.4, 0.5) is 0 Å². The summed E-state index contributed by atoms with van der Waals surface area (Å²) in [6.07, 6.45) is 3.79. The number of carbonyl (C=O) groups is 1. The topological polar surface area (TPSA) is 97.1 Å². The van der Waals surface area contributed by atoms with Gasteiger partial charge in [-0.25, -0.2) is 9.36 Å². The highest BCUT2D eigenvalue weighted by Gasteiger charge is 2.24. The summed E-state index contributed by atoms with van der Waals surface area (Å²) < 4.78 is 6.21. The summed E-state index contributed by atoms with van der Waals surface area (Å²) in [5.41, 5.74) is -0.602. The first-order valence-electron chi connectivity index (χ1n) is 8.14. The molecule has 0 aliphatic heterocycles. The molecule has 1 amide bonds. The van der Waals surface area contributed by atoms with E-state index in [1.807, 2.05) is 6.26 Å². The second-order valence-corrected chi connectivity index (χ2v) is 6.73. The minimum Gasteiger partial charge on any atom is -0.467 e. The maximum absolute atomic E-state index is 12.8. The molecule has 26 heavy (non-hydrogen) atoms. The fraction of sp³-hybridized carbons (Fsp3) is 0.278. The molecule has 0 bridgehead atoms. The number of fused-ring (bicyclic) bond motifs is 1. The van der Waals surface area contributed by atoms with Crippen molar-refractivity contribution in [2.24, 2.45) is 0 Å². The third-order valence-corrected chi connectivity index (χ3v) is 4.71. The van der Waals surface area contributed by atoms with Gasteiger partial charge in [0.2, 0.25) is 5.91 Å². The molecule has 8 heteroatoms. The Morgan fingerprint density at radius 1 is 1.27 bits per heavy atom. The van der Waals surface area contributed by atoms with Gasteiger partial charge >= 0.3 is 5.69 Å². The number of amides is 1. The Morgan fingerprint density at radius 3 is 2.81 bits per heavy atom. The van der Waals surface area contributed by atoms with Crippen molar-refractivity contribution in [2.45, 2.75) is 19.0 Å². The predicted molar refractivity (Wildman–Crippen MR) is 101 cm³/mol. The van der Waals surface area contributed by atoms with Gasteiger partial charge in [-0.05, 0) is 42.7 Å². The third-order valence-electron chi connectivity index (χ3n) is 4.06. The van der Waals surface area contributed by atoms with Crippen LogP contribution < -0.4 is 16.6 Å². The first-order valence-corrected chi connectivity index (χ1v) is 9.54. The van der Waals surface area contributed by atoms with Crippen molar-refractivity contribution in [3.63, 3.8) is 0 Å². The Kier molecular flexibility index (Phi) is 5.62. The first kappa shape index (κ1) is 18.1. The lowest BCUT2D eigenvalue weighted by molar-refractivity contribution is -0.124. The summed E-state index contributed by atoms with van der Waals surface area (Å²) in [6, 6.07) is 9.34. The molecule has 1 atom stereocenters. The molecule has 2 heterocycles. The first-order chi connectivity index (χ1) is 12.6. The molecule has 0 fully saturated rings. The van der Waals surface area contributed by atoms with Gasteiger partial charge in [0.25, 0.3) is 5.56 Å². The van der Waals surface area contributed by atoms with Gasteiger partial charge in [0.15, 0.2) is 0 Å². The largest absolute Gasteiger partial charge is 0.467 e. The number of furan rings is 1. The van der Waals surface area contributed by atoms with E-state index in [0.717, 1.165) is 4.57 Å². The minimum atomic E-state index is -0.890. The molecule has 2 N–H and O–H groups in total. The normalized spacial score (nSPS) is 12.2. The van der Waals surface area contributed by atoms with Gasteiger partial charge in [0, 0.05) is 0 Å². The highest BCUT2D eigenvalue weighted by Crippen LogP contribution is 2.13. The molecule has 2 aromatic heterocycles. The van der Waals surface area contributed by atoms with Crippen molar-refractivity contribution in [2.75, 3.05) is 12.0 Å². The van der Waals surface area contributed by atoms with Crippen LogP contribution in [-0.4, -0.2) is 27.5 Å². The van der Waals surface area contributed by atoms with Gasteiger partial charge in [0.05, 0.1) is 23.7 Å². The van der Waals surface area contributed by atoms with E-state index in [0.29, 0.717) is 28.8 Å². The maximum Gasteiger partial charge on any atom is 0.329 e. The van der Waals surface area contributed by atoms with Crippen molar-refractivity contribution in [3.8, 4) is 0 Å². The van der Waals surface area contributed by atoms with Crippen molar-refractivity contribution < 1.29 is 9.21 Å². The lowest BCUT2D eigenvalue weighted by Gasteiger charge is -2.18. The molecule has 3 rings (SSSR count). The smallest absolute Gasteiger partial charge is 0.329 e. The van der Waals surface area contributed by atoms with E-state index >= 15 is 0 Å². The van der Waals surface area contributed by atoms with Crippen molar-refractivity contribution in [3.05, 3.63) is 69.3 Å². The van der Waals surface area contributed by atoms with Crippen LogP contribution in [0.1, 0.15) is 18.2 Å². The molecule has 0 aliphatic carbocycles. The molecule has 0 radical (unpaired) electrons. The average Bonchev–Trinajstić information content (AvgIpc) is 3.16. The number of aromatic amines is 1. The summed E-state index contributed by atoms with van der Waals surface area (Å²) in [4.78, 5) is 40.7. The van der Waals surface area contributed by atoms with Crippen LogP contribution in [-0.2, 0) is 11.3 Å². The van der Waals surface area contributed by atoms with E-state index in [1.54, 1.807) is 48.2 Å². The van der Waals surface area contributed by atoms with Crippen LogP contribution >= 0.6 is 11.8 Å². The van der Waals surface area contributed by atoms with Crippen LogP contribution in [0.2, 0.25) is 0 Å². The third kappa shape index (κ3) is 3.75. The fourth-order valence-electron chi connectivity index (χ4n) is 2.77. The predicted octanol–water partition coefficient (Wildman–Crippen LogP) is 1.89. The Labute approximate surface area is 153 Å². The van der Waals surface area contributed by atoms with Crippen molar-refractivity contribution in [1.82, 2.24) is 14.9 Å².